The predicted octanol–water partition coefficient (Wildman–Crippen LogP) is 3.79. The number of nitrogens with two attached hydrogens (primary N) is 1. The molecule has 5 nitrogen and oxygen atoms in total. The summed E-state index contributed by atoms with van der Waals surface area (Å²) in [5.41, 5.74) is 7.71. The number of anilines is 2. The van der Waals surface area contributed by atoms with Crippen molar-refractivity contribution in [1.29, 1.82) is 0 Å². The lowest BCUT2D eigenvalue weighted by Gasteiger charge is -2.09. The van der Waals surface area contributed by atoms with E-state index in [1.54, 1.807) is 12.1 Å². The second-order valence-corrected chi connectivity index (χ2v) is 6.11. The number of nitrogen functional groups attached to an aromatic ring is 1. The van der Waals surface area contributed by atoms with E-state index < -0.39 is 18.5 Å². The van der Waals surface area contributed by atoms with Crippen LogP contribution in [-0.2, 0) is 9.53 Å². The van der Waals surface area contributed by atoms with Crippen LogP contribution in [0.25, 0.3) is 0 Å². The van der Waals surface area contributed by atoms with Crippen molar-refractivity contribution >= 4 is 50.8 Å². The number of benzene rings is 2. The molecule has 0 heterocycles. The summed E-state index contributed by atoms with van der Waals surface area (Å²) in [5.74, 6) is -1.12. The highest BCUT2D eigenvalue weighted by atomic mass is 79.9. The zero-order chi connectivity index (χ0) is 17.0. The summed E-state index contributed by atoms with van der Waals surface area (Å²) in [6.07, 6.45) is 0. The molecule has 0 aliphatic rings. The minimum atomic E-state index is -0.681. The molecule has 0 aliphatic heterocycles. The SMILES string of the molecule is Cc1ccc(NC(=O)COC(=O)c2ccc(Cl)cc2N)cc1Br. The van der Waals surface area contributed by atoms with Gasteiger partial charge in [0.05, 0.1) is 5.56 Å². The van der Waals surface area contributed by atoms with Crippen LogP contribution in [0.3, 0.4) is 0 Å². The van der Waals surface area contributed by atoms with Gasteiger partial charge in [-0.25, -0.2) is 4.79 Å². The highest BCUT2D eigenvalue weighted by molar-refractivity contribution is 9.10. The summed E-state index contributed by atoms with van der Waals surface area (Å²) >= 11 is 9.14. The van der Waals surface area contributed by atoms with Crippen LogP contribution in [0.1, 0.15) is 15.9 Å². The van der Waals surface area contributed by atoms with Crippen LogP contribution in [0, 0.1) is 6.92 Å². The van der Waals surface area contributed by atoms with E-state index in [4.69, 9.17) is 22.1 Å². The molecule has 2 aromatic carbocycles. The first-order chi connectivity index (χ1) is 10.9. The van der Waals surface area contributed by atoms with Gasteiger partial charge in [-0.05, 0) is 42.8 Å². The van der Waals surface area contributed by atoms with Gasteiger partial charge in [0.1, 0.15) is 0 Å². The van der Waals surface area contributed by atoms with E-state index in [2.05, 4.69) is 21.2 Å². The molecule has 23 heavy (non-hydrogen) atoms. The smallest absolute Gasteiger partial charge is 0.340 e. The van der Waals surface area contributed by atoms with E-state index in [9.17, 15) is 9.59 Å². The third kappa shape index (κ3) is 4.71. The Balaban J connectivity index is 1.93. The number of ether oxygens (including phenoxy) is 1. The molecule has 0 bridgehead atoms. The summed E-state index contributed by atoms with van der Waals surface area (Å²) in [6, 6.07) is 9.82. The van der Waals surface area contributed by atoms with Crippen molar-refractivity contribution in [2.24, 2.45) is 0 Å². The molecule has 1 amide bonds. The Morgan fingerprint density at radius 3 is 2.65 bits per heavy atom. The van der Waals surface area contributed by atoms with E-state index in [0.717, 1.165) is 10.0 Å². The molecule has 0 spiro atoms. The number of carbonyl (C=O) groups excluding carboxylic acids is 2. The Bertz CT molecular complexity index is 765. The first-order valence-corrected chi connectivity index (χ1v) is 7.82. The van der Waals surface area contributed by atoms with Gasteiger partial charge in [-0.3, -0.25) is 4.79 Å². The van der Waals surface area contributed by atoms with Crippen molar-refractivity contribution in [2.75, 3.05) is 17.7 Å². The van der Waals surface area contributed by atoms with E-state index in [0.29, 0.717) is 10.7 Å². The van der Waals surface area contributed by atoms with Gasteiger partial charge in [0.15, 0.2) is 6.61 Å². The molecule has 120 valence electrons. The summed E-state index contributed by atoms with van der Waals surface area (Å²) in [6.45, 7) is 1.53. The van der Waals surface area contributed by atoms with Crippen molar-refractivity contribution in [1.82, 2.24) is 0 Å². The Morgan fingerprint density at radius 1 is 1.26 bits per heavy atom. The normalized spacial score (nSPS) is 10.2. The van der Waals surface area contributed by atoms with Gasteiger partial charge in [0, 0.05) is 20.9 Å². The van der Waals surface area contributed by atoms with Crippen LogP contribution in [0.15, 0.2) is 40.9 Å². The maximum Gasteiger partial charge on any atom is 0.340 e. The molecular formula is C16H14BrClN2O3. The van der Waals surface area contributed by atoms with E-state index >= 15 is 0 Å². The molecule has 0 atom stereocenters. The molecule has 2 aromatic rings. The summed E-state index contributed by atoms with van der Waals surface area (Å²) in [5, 5.41) is 3.06. The van der Waals surface area contributed by atoms with Gasteiger partial charge in [-0.1, -0.05) is 33.6 Å². The highest BCUT2D eigenvalue weighted by Gasteiger charge is 2.13. The molecule has 3 N–H and O–H groups in total. The van der Waals surface area contributed by atoms with Crippen molar-refractivity contribution in [2.45, 2.75) is 6.92 Å². The van der Waals surface area contributed by atoms with E-state index in [1.807, 2.05) is 13.0 Å². The van der Waals surface area contributed by atoms with Crippen LogP contribution in [0.2, 0.25) is 5.02 Å². The van der Waals surface area contributed by atoms with Gasteiger partial charge in [0.25, 0.3) is 5.91 Å². The van der Waals surface area contributed by atoms with Crippen LogP contribution < -0.4 is 11.1 Å². The molecule has 0 fully saturated rings. The largest absolute Gasteiger partial charge is 0.452 e. The van der Waals surface area contributed by atoms with Crippen molar-refractivity contribution < 1.29 is 14.3 Å². The molecular weight excluding hydrogens is 384 g/mol. The van der Waals surface area contributed by atoms with Crippen molar-refractivity contribution in [3.8, 4) is 0 Å². The standard InChI is InChI=1S/C16H14BrClN2O3/c1-9-2-4-11(7-13(9)17)20-15(21)8-23-16(22)12-5-3-10(18)6-14(12)19/h2-7H,8,19H2,1H3,(H,20,21). The zero-order valence-corrected chi connectivity index (χ0v) is 14.6. The number of carbonyl (C=O) groups is 2. The molecule has 0 aliphatic carbocycles. The minimum Gasteiger partial charge on any atom is -0.452 e. The van der Waals surface area contributed by atoms with Crippen LogP contribution in [-0.4, -0.2) is 18.5 Å². The fourth-order valence-corrected chi connectivity index (χ4v) is 2.36. The number of hydrogen-bond donors (Lipinski definition) is 2. The number of hydrogen-bond acceptors (Lipinski definition) is 4. The second kappa shape index (κ2) is 7.48. The predicted molar refractivity (Wildman–Crippen MR) is 93.7 cm³/mol. The molecule has 0 radical (unpaired) electrons. The molecule has 0 unspecified atom stereocenters. The van der Waals surface area contributed by atoms with Crippen LogP contribution >= 0.6 is 27.5 Å². The number of halogens is 2. The monoisotopic (exact) mass is 396 g/mol. The maximum absolute atomic E-state index is 11.9. The van der Waals surface area contributed by atoms with E-state index in [-0.39, 0.29) is 11.3 Å². The Morgan fingerprint density at radius 2 is 2.00 bits per heavy atom. The quantitative estimate of drug-likeness (QED) is 0.607. The molecule has 0 aromatic heterocycles. The Hall–Kier alpha value is -2.05. The lowest BCUT2D eigenvalue weighted by atomic mass is 10.2. The number of nitrogens with one attached hydrogen (secondary N) is 1. The Kier molecular flexibility index (Phi) is 5.63. The second-order valence-electron chi connectivity index (χ2n) is 4.82. The first kappa shape index (κ1) is 17.3. The third-order valence-corrected chi connectivity index (χ3v) is 4.11. The van der Waals surface area contributed by atoms with Crippen LogP contribution in [0.4, 0.5) is 11.4 Å². The summed E-state index contributed by atoms with van der Waals surface area (Å²) < 4.78 is 5.83. The first-order valence-electron chi connectivity index (χ1n) is 6.65. The molecule has 0 saturated heterocycles. The highest BCUT2D eigenvalue weighted by Crippen LogP contribution is 2.21. The van der Waals surface area contributed by atoms with Gasteiger partial charge in [-0.15, -0.1) is 0 Å². The van der Waals surface area contributed by atoms with Crippen LogP contribution in [0.5, 0.6) is 0 Å². The summed E-state index contributed by atoms with van der Waals surface area (Å²) in [7, 11) is 0. The molecule has 7 heteroatoms. The fraction of sp³-hybridized carbons (Fsp3) is 0.125. The third-order valence-electron chi connectivity index (χ3n) is 3.02. The van der Waals surface area contributed by atoms with Gasteiger partial charge < -0.3 is 15.8 Å². The summed E-state index contributed by atoms with van der Waals surface area (Å²) in [4.78, 5) is 23.7. The number of amides is 1. The average molecular weight is 398 g/mol. The van der Waals surface area contributed by atoms with Crippen molar-refractivity contribution in [3.05, 3.63) is 57.0 Å². The lowest BCUT2D eigenvalue weighted by Crippen LogP contribution is -2.21. The number of rotatable bonds is 4. The van der Waals surface area contributed by atoms with Gasteiger partial charge in [-0.2, -0.15) is 0 Å². The molecule has 2 rings (SSSR count). The maximum atomic E-state index is 11.9. The fourth-order valence-electron chi connectivity index (χ4n) is 1.80. The van der Waals surface area contributed by atoms with Gasteiger partial charge in [0.2, 0.25) is 0 Å². The van der Waals surface area contributed by atoms with Gasteiger partial charge >= 0.3 is 5.97 Å². The number of esters is 1. The minimum absolute atomic E-state index is 0.167. The topological polar surface area (TPSA) is 81.4 Å². The molecule has 0 saturated carbocycles. The van der Waals surface area contributed by atoms with E-state index in [1.165, 1.54) is 18.2 Å². The lowest BCUT2D eigenvalue weighted by molar-refractivity contribution is -0.119. The Labute approximate surface area is 146 Å². The zero-order valence-electron chi connectivity index (χ0n) is 12.2. The van der Waals surface area contributed by atoms with Crippen molar-refractivity contribution in [3.63, 3.8) is 0 Å². The number of aryl methyl sites for hydroxylation is 1. The average Bonchev–Trinajstić information content (AvgIpc) is 2.48.